The summed E-state index contributed by atoms with van der Waals surface area (Å²) in [6, 6.07) is 7.79. The Balaban J connectivity index is 2.02. The van der Waals surface area contributed by atoms with Crippen molar-refractivity contribution in [3.8, 4) is 5.69 Å². The van der Waals surface area contributed by atoms with Crippen molar-refractivity contribution < 1.29 is 9.53 Å². The van der Waals surface area contributed by atoms with E-state index in [2.05, 4.69) is 15.5 Å². The van der Waals surface area contributed by atoms with Crippen LogP contribution in [0.2, 0.25) is 0 Å². The van der Waals surface area contributed by atoms with E-state index < -0.39 is 11.7 Å². The second-order valence-corrected chi connectivity index (χ2v) is 5.83. The largest absolute Gasteiger partial charge is 0.443 e. The molecule has 0 saturated heterocycles. The van der Waals surface area contributed by atoms with Gasteiger partial charge in [0.15, 0.2) is 0 Å². The van der Waals surface area contributed by atoms with Crippen LogP contribution in [0.25, 0.3) is 5.69 Å². The molecule has 0 aliphatic rings. The number of imidazole rings is 1. The van der Waals surface area contributed by atoms with Crippen LogP contribution < -0.4 is 5.43 Å². The van der Waals surface area contributed by atoms with E-state index in [4.69, 9.17) is 4.74 Å². The summed E-state index contributed by atoms with van der Waals surface area (Å²) in [5.41, 5.74) is 4.47. The van der Waals surface area contributed by atoms with Crippen molar-refractivity contribution in [3.05, 3.63) is 48.5 Å². The lowest BCUT2D eigenvalue weighted by Gasteiger charge is -2.18. The Morgan fingerprint density at radius 3 is 2.50 bits per heavy atom. The number of nitrogens with one attached hydrogen (secondary N) is 1. The van der Waals surface area contributed by atoms with E-state index in [1.807, 2.05) is 42.0 Å². The molecule has 0 aliphatic heterocycles. The zero-order chi connectivity index (χ0) is 16.2. The molecule has 1 N–H and O–H groups in total. The Hall–Kier alpha value is -2.63. The monoisotopic (exact) mass is 300 g/mol. The second-order valence-electron chi connectivity index (χ2n) is 5.83. The fourth-order valence-corrected chi connectivity index (χ4v) is 1.78. The molecule has 0 unspecified atom stereocenters. The van der Waals surface area contributed by atoms with Crippen LogP contribution in [0.4, 0.5) is 4.79 Å². The van der Waals surface area contributed by atoms with Crippen molar-refractivity contribution in [2.24, 2.45) is 5.10 Å². The third-order valence-electron chi connectivity index (χ3n) is 2.80. The highest BCUT2D eigenvalue weighted by Gasteiger charge is 2.15. The SMILES string of the molecule is CC(=NNC(=O)OC(C)(C)C)c1ccc(-n2ccnc2)cc1. The highest BCUT2D eigenvalue weighted by Crippen LogP contribution is 2.10. The number of nitrogens with zero attached hydrogens (tertiary/aromatic N) is 3. The Morgan fingerprint density at radius 2 is 1.95 bits per heavy atom. The number of hydrogen-bond acceptors (Lipinski definition) is 4. The number of aromatic nitrogens is 2. The minimum absolute atomic E-state index is 0.542. The smallest absolute Gasteiger partial charge is 0.428 e. The lowest BCUT2D eigenvalue weighted by Crippen LogP contribution is -2.30. The molecule has 0 spiro atoms. The van der Waals surface area contributed by atoms with E-state index in [0.29, 0.717) is 5.71 Å². The molecule has 0 bridgehead atoms. The topological polar surface area (TPSA) is 68.5 Å². The van der Waals surface area contributed by atoms with Gasteiger partial charge in [0.05, 0.1) is 12.0 Å². The van der Waals surface area contributed by atoms with Gasteiger partial charge < -0.3 is 9.30 Å². The van der Waals surface area contributed by atoms with Crippen LogP contribution in [0.15, 0.2) is 48.1 Å². The van der Waals surface area contributed by atoms with E-state index in [0.717, 1.165) is 11.3 Å². The van der Waals surface area contributed by atoms with E-state index >= 15 is 0 Å². The van der Waals surface area contributed by atoms with Crippen LogP contribution >= 0.6 is 0 Å². The van der Waals surface area contributed by atoms with Crippen molar-refractivity contribution in [1.29, 1.82) is 0 Å². The van der Waals surface area contributed by atoms with Crippen LogP contribution in [-0.2, 0) is 4.74 Å². The van der Waals surface area contributed by atoms with Crippen LogP contribution in [-0.4, -0.2) is 27.0 Å². The third-order valence-corrected chi connectivity index (χ3v) is 2.80. The molecule has 1 aromatic heterocycles. The van der Waals surface area contributed by atoms with Gasteiger partial charge in [0.25, 0.3) is 0 Å². The number of benzene rings is 1. The average molecular weight is 300 g/mol. The highest BCUT2D eigenvalue weighted by molar-refractivity contribution is 5.99. The summed E-state index contributed by atoms with van der Waals surface area (Å²) in [5, 5.41) is 4.04. The molecule has 0 aliphatic carbocycles. The molecule has 1 amide bonds. The Labute approximate surface area is 129 Å². The predicted molar refractivity (Wildman–Crippen MR) is 85.1 cm³/mol. The van der Waals surface area contributed by atoms with Crippen LogP contribution in [0.1, 0.15) is 33.3 Å². The quantitative estimate of drug-likeness (QED) is 0.699. The molecule has 6 nitrogen and oxygen atoms in total. The van der Waals surface area contributed by atoms with Gasteiger partial charge in [-0.25, -0.2) is 15.2 Å². The summed E-state index contributed by atoms with van der Waals surface area (Å²) in [5.74, 6) is 0. The van der Waals surface area contributed by atoms with Gasteiger partial charge in [0.1, 0.15) is 5.60 Å². The molecule has 0 fully saturated rings. The van der Waals surface area contributed by atoms with Crippen molar-refractivity contribution in [1.82, 2.24) is 15.0 Å². The summed E-state index contributed by atoms with van der Waals surface area (Å²) in [4.78, 5) is 15.6. The molecular formula is C16H20N4O2. The Kier molecular flexibility index (Phi) is 4.60. The number of amides is 1. The number of ether oxygens (including phenoxy) is 1. The van der Waals surface area contributed by atoms with Crippen molar-refractivity contribution in [2.45, 2.75) is 33.3 Å². The fraction of sp³-hybridized carbons (Fsp3) is 0.312. The summed E-state index contributed by atoms with van der Waals surface area (Å²) in [6.07, 6.45) is 4.77. The lowest BCUT2D eigenvalue weighted by atomic mass is 10.1. The normalized spacial score (nSPS) is 12.1. The molecule has 2 rings (SSSR count). The molecule has 0 radical (unpaired) electrons. The van der Waals surface area contributed by atoms with Crippen LogP contribution in [0.5, 0.6) is 0 Å². The second kappa shape index (κ2) is 6.43. The van der Waals surface area contributed by atoms with Gasteiger partial charge in [-0.3, -0.25) is 0 Å². The minimum atomic E-state index is -0.568. The van der Waals surface area contributed by atoms with Crippen LogP contribution in [0.3, 0.4) is 0 Å². The standard InChI is InChI=1S/C16H20N4O2/c1-12(18-19-15(21)22-16(2,3)4)13-5-7-14(8-6-13)20-10-9-17-11-20/h5-11H,1-4H3,(H,19,21). The first kappa shape index (κ1) is 15.8. The number of rotatable bonds is 3. The summed E-state index contributed by atoms with van der Waals surface area (Å²) in [6.45, 7) is 7.23. The lowest BCUT2D eigenvalue weighted by molar-refractivity contribution is 0.0529. The van der Waals surface area contributed by atoms with Gasteiger partial charge in [-0.15, -0.1) is 0 Å². The van der Waals surface area contributed by atoms with E-state index in [-0.39, 0.29) is 0 Å². The molecule has 2 aromatic rings. The number of carbonyl (C=O) groups is 1. The Bertz CT molecular complexity index is 652. The third kappa shape index (κ3) is 4.44. The Morgan fingerprint density at radius 1 is 1.27 bits per heavy atom. The fourth-order valence-electron chi connectivity index (χ4n) is 1.78. The molecule has 1 heterocycles. The van der Waals surface area contributed by atoms with Crippen molar-refractivity contribution in [2.75, 3.05) is 0 Å². The number of carbonyl (C=O) groups excluding carboxylic acids is 1. The van der Waals surface area contributed by atoms with Gasteiger partial charge in [-0.1, -0.05) is 12.1 Å². The number of hydrazone groups is 1. The minimum Gasteiger partial charge on any atom is -0.443 e. The van der Waals surface area contributed by atoms with E-state index in [9.17, 15) is 4.79 Å². The van der Waals surface area contributed by atoms with Crippen molar-refractivity contribution >= 4 is 11.8 Å². The van der Waals surface area contributed by atoms with Crippen molar-refractivity contribution in [3.63, 3.8) is 0 Å². The number of hydrogen-bond donors (Lipinski definition) is 1. The van der Waals surface area contributed by atoms with Gasteiger partial charge >= 0.3 is 6.09 Å². The molecule has 0 atom stereocenters. The average Bonchev–Trinajstić information content (AvgIpc) is 2.97. The van der Waals surface area contributed by atoms with Crippen LogP contribution in [0, 0.1) is 0 Å². The maximum atomic E-state index is 11.6. The first-order valence-electron chi connectivity index (χ1n) is 6.97. The first-order chi connectivity index (χ1) is 10.3. The molecule has 116 valence electrons. The summed E-state index contributed by atoms with van der Waals surface area (Å²) >= 11 is 0. The van der Waals surface area contributed by atoms with Gasteiger partial charge in [0.2, 0.25) is 0 Å². The van der Waals surface area contributed by atoms with E-state index in [1.54, 1.807) is 33.3 Å². The maximum absolute atomic E-state index is 11.6. The summed E-state index contributed by atoms with van der Waals surface area (Å²) < 4.78 is 7.04. The van der Waals surface area contributed by atoms with Gasteiger partial charge in [-0.05, 0) is 45.4 Å². The predicted octanol–water partition coefficient (Wildman–Crippen LogP) is 3.12. The zero-order valence-corrected chi connectivity index (χ0v) is 13.2. The zero-order valence-electron chi connectivity index (χ0n) is 13.2. The highest BCUT2D eigenvalue weighted by atomic mass is 16.6. The molecule has 0 saturated carbocycles. The van der Waals surface area contributed by atoms with E-state index in [1.165, 1.54) is 0 Å². The first-order valence-corrected chi connectivity index (χ1v) is 6.97. The van der Waals surface area contributed by atoms with Gasteiger partial charge in [0, 0.05) is 18.1 Å². The summed E-state index contributed by atoms with van der Waals surface area (Å²) in [7, 11) is 0. The molecular weight excluding hydrogens is 280 g/mol. The molecule has 6 heteroatoms. The maximum Gasteiger partial charge on any atom is 0.428 e. The molecule has 1 aromatic carbocycles. The molecule has 22 heavy (non-hydrogen) atoms. The van der Waals surface area contributed by atoms with Gasteiger partial charge in [-0.2, -0.15) is 5.10 Å².